The van der Waals surface area contributed by atoms with Crippen LogP contribution in [0.25, 0.3) is 0 Å². The average Bonchev–Trinajstić information content (AvgIpc) is 3.07. The normalized spacial score (nSPS) is 39.9. The van der Waals surface area contributed by atoms with Crippen LogP contribution in [0, 0.1) is 11.8 Å². The van der Waals surface area contributed by atoms with Gasteiger partial charge in [-0.15, -0.1) is 10.2 Å². The number of aromatic nitrogens is 4. The van der Waals surface area contributed by atoms with Crippen molar-refractivity contribution < 1.29 is 9.59 Å². The zero-order chi connectivity index (χ0) is 18.8. The molecule has 6 rings (SSSR count). The molecule has 4 bridgehead atoms. The largest absolute Gasteiger partial charge is 0.347 e. The number of amides is 3. The summed E-state index contributed by atoms with van der Waals surface area (Å²) in [5.41, 5.74) is 0.866. The van der Waals surface area contributed by atoms with Gasteiger partial charge in [-0.05, 0) is 69.4 Å². The fourth-order valence-electron chi connectivity index (χ4n) is 6.52. The van der Waals surface area contributed by atoms with Crippen LogP contribution in [0.4, 0.5) is 4.79 Å². The van der Waals surface area contributed by atoms with Gasteiger partial charge in [0.25, 0.3) is 5.91 Å². The van der Waals surface area contributed by atoms with E-state index in [2.05, 4.69) is 31.4 Å². The average molecular weight is 371 g/mol. The van der Waals surface area contributed by atoms with Gasteiger partial charge in [-0.3, -0.25) is 4.79 Å². The quantitative estimate of drug-likeness (QED) is 0.728. The maximum atomic E-state index is 13.2. The minimum absolute atomic E-state index is 0.0869. The molecule has 1 aromatic heterocycles. The highest BCUT2D eigenvalue weighted by Crippen LogP contribution is 2.60. The van der Waals surface area contributed by atoms with Crippen LogP contribution in [0.3, 0.4) is 0 Å². The molecule has 0 unspecified atom stereocenters. The second-order valence-electron chi connectivity index (χ2n) is 9.00. The van der Waals surface area contributed by atoms with Crippen LogP contribution in [0.2, 0.25) is 0 Å². The minimum atomic E-state index is -0.307. The Hall–Kier alpha value is -2.45. The monoisotopic (exact) mass is 371 g/mol. The lowest BCUT2D eigenvalue weighted by atomic mass is 9.50. The number of nitrogens with zero attached hydrogens (tertiary/aromatic N) is 4. The Kier molecular flexibility index (Phi) is 3.42. The third-order valence-corrected chi connectivity index (χ3v) is 6.91. The van der Waals surface area contributed by atoms with Gasteiger partial charge in [0.2, 0.25) is 0 Å². The molecule has 27 heavy (non-hydrogen) atoms. The first kappa shape index (κ1) is 16.7. The minimum Gasteiger partial charge on any atom is -0.347 e. The smallest absolute Gasteiger partial charge is 0.319 e. The summed E-state index contributed by atoms with van der Waals surface area (Å²) in [6, 6.07) is -0.568. The molecule has 9 heteroatoms. The van der Waals surface area contributed by atoms with E-state index in [1.54, 1.807) is 11.7 Å². The molecule has 3 N–H and O–H groups in total. The highest BCUT2D eigenvalue weighted by Gasteiger charge is 2.60. The molecular weight excluding hydrogens is 346 g/mol. The van der Waals surface area contributed by atoms with E-state index in [-0.39, 0.29) is 29.1 Å². The van der Waals surface area contributed by atoms with Crippen molar-refractivity contribution in [1.82, 2.24) is 36.2 Å². The zero-order valence-electron chi connectivity index (χ0n) is 15.7. The van der Waals surface area contributed by atoms with Crippen LogP contribution in [0.1, 0.15) is 52.4 Å². The number of carbonyl (C=O) groups excluding carboxylic acids is 2. The van der Waals surface area contributed by atoms with E-state index >= 15 is 0 Å². The predicted octanol–water partition coefficient (Wildman–Crippen LogP) is 0.813. The number of rotatable bonds is 3. The number of hydrogen-bond donors (Lipinski definition) is 3. The third-order valence-electron chi connectivity index (χ3n) is 6.91. The van der Waals surface area contributed by atoms with Gasteiger partial charge >= 0.3 is 6.03 Å². The summed E-state index contributed by atoms with van der Waals surface area (Å²) in [4.78, 5) is 26.6. The molecule has 4 aliphatic carbocycles. The summed E-state index contributed by atoms with van der Waals surface area (Å²) in [6.45, 7) is 3.63. The summed E-state index contributed by atoms with van der Waals surface area (Å²) in [5.74, 6) is 1.07. The Bertz CT molecular complexity index is 817. The van der Waals surface area contributed by atoms with Crippen molar-refractivity contribution >= 4 is 11.9 Å². The van der Waals surface area contributed by atoms with Crippen LogP contribution < -0.4 is 16.0 Å². The van der Waals surface area contributed by atoms with E-state index in [9.17, 15) is 9.59 Å². The number of nitrogens with one attached hydrogen (secondary N) is 3. The highest BCUT2D eigenvalue weighted by molar-refractivity contribution is 5.98. The molecular formula is C18H25N7O2. The van der Waals surface area contributed by atoms with Crippen molar-refractivity contribution in [2.45, 2.75) is 69.5 Å². The highest BCUT2D eigenvalue weighted by atomic mass is 16.2. The van der Waals surface area contributed by atoms with E-state index in [1.165, 1.54) is 12.7 Å². The Balaban J connectivity index is 1.44. The summed E-state index contributed by atoms with van der Waals surface area (Å²) in [7, 11) is 0. The molecule has 4 saturated carbocycles. The lowest BCUT2D eigenvalue weighted by molar-refractivity contribution is -0.128. The lowest BCUT2D eigenvalue weighted by Gasteiger charge is -2.61. The zero-order valence-corrected chi connectivity index (χ0v) is 15.7. The molecule has 3 atom stereocenters. The number of hydrogen-bond acceptors (Lipinski definition) is 5. The summed E-state index contributed by atoms with van der Waals surface area (Å²) in [6.07, 6.45) is 7.70. The molecule has 4 fully saturated rings. The van der Waals surface area contributed by atoms with Gasteiger partial charge in [0.05, 0.1) is 17.2 Å². The first-order valence-electron chi connectivity index (χ1n) is 9.72. The van der Waals surface area contributed by atoms with Crippen LogP contribution in [0.15, 0.2) is 17.6 Å². The van der Waals surface area contributed by atoms with Gasteiger partial charge in [-0.2, -0.15) is 4.80 Å². The first-order chi connectivity index (χ1) is 12.9. The van der Waals surface area contributed by atoms with Crippen molar-refractivity contribution in [3.63, 3.8) is 0 Å². The van der Waals surface area contributed by atoms with E-state index in [4.69, 9.17) is 0 Å². The van der Waals surface area contributed by atoms with Crippen molar-refractivity contribution in [2.75, 3.05) is 0 Å². The van der Waals surface area contributed by atoms with Crippen LogP contribution in [-0.2, 0) is 10.3 Å². The Labute approximate surface area is 157 Å². The van der Waals surface area contributed by atoms with Gasteiger partial charge < -0.3 is 16.0 Å². The number of tetrazole rings is 1. The van der Waals surface area contributed by atoms with Crippen LogP contribution in [-0.4, -0.2) is 43.7 Å². The third kappa shape index (κ3) is 2.55. The second-order valence-corrected chi connectivity index (χ2v) is 9.00. The Morgan fingerprint density at radius 1 is 1.30 bits per heavy atom. The Morgan fingerprint density at radius 2 is 2.04 bits per heavy atom. The molecule has 2 heterocycles. The molecule has 0 aromatic carbocycles. The number of allylic oxidation sites excluding steroid dienone is 1. The van der Waals surface area contributed by atoms with Gasteiger partial charge in [0, 0.05) is 11.2 Å². The molecule has 1 aliphatic heterocycles. The SMILES string of the molecule is CC1=C(C(=O)NC23C[C@H]4C[C@H](C2)CC(n2ncnn2)(C4)C3)[C@@H](C)NC(=O)N1. The van der Waals surface area contributed by atoms with Crippen LogP contribution in [0.5, 0.6) is 0 Å². The molecule has 1 aromatic rings. The Morgan fingerprint density at radius 3 is 2.67 bits per heavy atom. The van der Waals surface area contributed by atoms with Crippen molar-refractivity contribution in [3.05, 3.63) is 17.6 Å². The van der Waals surface area contributed by atoms with E-state index in [0.717, 1.165) is 32.1 Å². The second kappa shape index (κ2) is 5.53. The maximum Gasteiger partial charge on any atom is 0.319 e. The standard InChI is InChI=1S/C18H25N7O2/c1-10-14(11(2)22-16(27)21-10)15(26)23-17-4-12-3-13(5-17)7-18(6-12,8-17)25-20-9-19-24-25/h9-10,12-13H,3-8H2,1-2H3,(H,23,26)(H2,21,22,27)/t10-,12-,13-,17?,18?/m1/s1. The maximum absolute atomic E-state index is 13.2. The molecule has 3 amide bonds. The lowest BCUT2D eigenvalue weighted by Crippen LogP contribution is -2.66. The fraction of sp³-hybridized carbons (Fsp3) is 0.722. The number of carbonyl (C=O) groups is 2. The van der Waals surface area contributed by atoms with Gasteiger partial charge in [0.15, 0.2) is 6.33 Å². The summed E-state index contributed by atoms with van der Waals surface area (Å²) >= 11 is 0. The van der Waals surface area contributed by atoms with Crippen LogP contribution >= 0.6 is 0 Å². The summed E-state index contributed by atoms with van der Waals surface area (Å²) in [5, 5.41) is 21.4. The molecule has 144 valence electrons. The van der Waals surface area contributed by atoms with Gasteiger partial charge in [0.1, 0.15) is 0 Å². The molecule has 0 saturated heterocycles. The van der Waals surface area contributed by atoms with Gasteiger partial charge in [-0.1, -0.05) is 0 Å². The van der Waals surface area contributed by atoms with E-state index < -0.39 is 0 Å². The molecule has 0 spiro atoms. The molecule has 0 radical (unpaired) electrons. The summed E-state index contributed by atoms with van der Waals surface area (Å²) < 4.78 is 0. The van der Waals surface area contributed by atoms with Crippen molar-refractivity contribution in [2.24, 2.45) is 11.8 Å². The molecule has 5 aliphatic rings. The molecule has 9 nitrogen and oxygen atoms in total. The predicted molar refractivity (Wildman–Crippen MR) is 95.2 cm³/mol. The topological polar surface area (TPSA) is 114 Å². The van der Waals surface area contributed by atoms with Gasteiger partial charge in [-0.25, -0.2) is 4.79 Å². The van der Waals surface area contributed by atoms with E-state index in [1.807, 2.05) is 6.92 Å². The number of urea groups is 1. The first-order valence-corrected chi connectivity index (χ1v) is 9.72. The van der Waals surface area contributed by atoms with Crippen molar-refractivity contribution in [1.29, 1.82) is 0 Å². The van der Waals surface area contributed by atoms with Crippen molar-refractivity contribution in [3.8, 4) is 0 Å². The van der Waals surface area contributed by atoms with E-state index in [0.29, 0.717) is 23.1 Å². The fourth-order valence-corrected chi connectivity index (χ4v) is 6.52.